The van der Waals surface area contributed by atoms with E-state index in [-0.39, 0.29) is 12.1 Å². The zero-order chi connectivity index (χ0) is 15.4. The molecule has 2 N–H and O–H groups in total. The maximum absolute atomic E-state index is 12.0. The molecule has 2 amide bonds. The molecule has 122 valence electrons. The highest BCUT2D eigenvalue weighted by Crippen LogP contribution is 2.30. The summed E-state index contributed by atoms with van der Waals surface area (Å²) in [7, 11) is 0. The van der Waals surface area contributed by atoms with Gasteiger partial charge in [0.15, 0.2) is 0 Å². The van der Waals surface area contributed by atoms with Gasteiger partial charge in [0.2, 0.25) is 0 Å². The number of rotatable bonds is 5. The maximum Gasteiger partial charge on any atom is 0.315 e. The van der Waals surface area contributed by atoms with E-state index in [0.717, 1.165) is 18.3 Å². The van der Waals surface area contributed by atoms with Crippen molar-refractivity contribution < 1.29 is 9.21 Å². The number of piperidine rings is 1. The van der Waals surface area contributed by atoms with Crippen LogP contribution in [0.15, 0.2) is 22.8 Å². The number of likely N-dealkylation sites (tertiary alicyclic amines) is 1. The number of nitrogens with zero attached hydrogens (tertiary/aromatic N) is 1. The summed E-state index contributed by atoms with van der Waals surface area (Å²) in [5.74, 6) is 1.33. The van der Waals surface area contributed by atoms with Crippen molar-refractivity contribution in [2.45, 2.75) is 57.7 Å². The highest BCUT2D eigenvalue weighted by atomic mass is 16.3. The third-order valence-electron chi connectivity index (χ3n) is 5.15. The fourth-order valence-corrected chi connectivity index (χ4v) is 3.49. The van der Waals surface area contributed by atoms with Gasteiger partial charge in [0, 0.05) is 18.6 Å². The third kappa shape index (κ3) is 3.83. The minimum atomic E-state index is -0.107. The Hall–Kier alpha value is -1.49. The van der Waals surface area contributed by atoms with Crippen LogP contribution in [0.3, 0.4) is 0 Å². The van der Waals surface area contributed by atoms with Gasteiger partial charge in [-0.3, -0.25) is 0 Å². The predicted octanol–water partition coefficient (Wildman–Crippen LogP) is 2.73. The first-order valence-electron chi connectivity index (χ1n) is 8.53. The van der Waals surface area contributed by atoms with Crippen molar-refractivity contribution in [3.05, 3.63) is 24.2 Å². The Morgan fingerprint density at radius 3 is 2.95 bits per heavy atom. The molecule has 0 aromatic carbocycles. The van der Waals surface area contributed by atoms with Crippen LogP contribution in [0.5, 0.6) is 0 Å². The monoisotopic (exact) mass is 305 g/mol. The van der Waals surface area contributed by atoms with Crippen LogP contribution in [0.1, 0.15) is 44.8 Å². The Bertz CT molecular complexity index is 470. The molecule has 3 rings (SSSR count). The van der Waals surface area contributed by atoms with E-state index in [1.54, 1.807) is 6.26 Å². The minimum absolute atomic E-state index is 0.107. The molecule has 2 atom stereocenters. The number of carbonyl (C=O) groups is 1. The number of amides is 2. The summed E-state index contributed by atoms with van der Waals surface area (Å²) in [5, 5.41) is 5.94. The van der Waals surface area contributed by atoms with Gasteiger partial charge in [-0.15, -0.1) is 0 Å². The van der Waals surface area contributed by atoms with Gasteiger partial charge in [-0.25, -0.2) is 4.79 Å². The summed E-state index contributed by atoms with van der Waals surface area (Å²) in [6.07, 6.45) is 8.18. The molecule has 1 aromatic rings. The van der Waals surface area contributed by atoms with Crippen molar-refractivity contribution in [1.29, 1.82) is 0 Å². The Balaban J connectivity index is 1.42. The zero-order valence-corrected chi connectivity index (χ0v) is 13.4. The largest absolute Gasteiger partial charge is 0.467 e. The molecule has 0 bridgehead atoms. The van der Waals surface area contributed by atoms with Gasteiger partial charge in [-0.1, -0.05) is 6.42 Å². The van der Waals surface area contributed by atoms with Gasteiger partial charge in [0.05, 0.1) is 12.8 Å². The molecule has 2 heterocycles. The fourth-order valence-electron chi connectivity index (χ4n) is 3.49. The van der Waals surface area contributed by atoms with E-state index in [1.165, 1.54) is 38.6 Å². The lowest BCUT2D eigenvalue weighted by molar-refractivity contribution is 0.0678. The molecule has 22 heavy (non-hydrogen) atoms. The molecule has 0 radical (unpaired) electrons. The molecule has 1 saturated carbocycles. The molecule has 0 unspecified atom stereocenters. The molecule has 2 aliphatic rings. The Morgan fingerprint density at radius 1 is 1.41 bits per heavy atom. The van der Waals surface area contributed by atoms with Crippen molar-refractivity contribution in [2.24, 2.45) is 5.92 Å². The maximum atomic E-state index is 12.0. The second-order valence-corrected chi connectivity index (χ2v) is 6.68. The summed E-state index contributed by atoms with van der Waals surface area (Å²) in [6.45, 7) is 4.93. The molecule has 5 heteroatoms. The van der Waals surface area contributed by atoms with Gasteiger partial charge >= 0.3 is 6.03 Å². The first-order valence-corrected chi connectivity index (χ1v) is 8.53. The SMILES string of the molecule is C[C@H](NC(=O)NCc1ccco1)[C@H]1CCCN(C2CCC2)C1. The van der Waals surface area contributed by atoms with Gasteiger partial charge < -0.3 is 20.0 Å². The van der Waals surface area contributed by atoms with E-state index in [1.807, 2.05) is 12.1 Å². The standard InChI is InChI=1S/C17H27N3O2/c1-13(19-17(21)18-11-16-8-4-10-22-16)14-5-3-9-20(12-14)15-6-2-7-15/h4,8,10,13-15H,2-3,5-7,9,11-12H2,1H3,(H2,18,19,21)/t13-,14-/m0/s1. The molecule has 1 aromatic heterocycles. The highest BCUT2D eigenvalue weighted by Gasteiger charge is 2.31. The number of hydrogen-bond acceptors (Lipinski definition) is 3. The average molecular weight is 305 g/mol. The number of carbonyl (C=O) groups excluding carboxylic acids is 1. The normalized spacial score (nSPS) is 24.5. The van der Waals surface area contributed by atoms with Crippen LogP contribution in [0, 0.1) is 5.92 Å². The molecular formula is C17H27N3O2. The summed E-state index contributed by atoms with van der Waals surface area (Å²) >= 11 is 0. The second-order valence-electron chi connectivity index (χ2n) is 6.68. The number of hydrogen-bond donors (Lipinski definition) is 2. The Morgan fingerprint density at radius 2 is 2.27 bits per heavy atom. The van der Waals surface area contributed by atoms with Crippen molar-refractivity contribution in [3.8, 4) is 0 Å². The molecular weight excluding hydrogens is 278 g/mol. The number of nitrogens with one attached hydrogen (secondary N) is 2. The lowest BCUT2D eigenvalue weighted by Gasteiger charge is -2.43. The second kappa shape index (κ2) is 7.18. The van der Waals surface area contributed by atoms with Crippen molar-refractivity contribution in [2.75, 3.05) is 13.1 Å². The predicted molar refractivity (Wildman–Crippen MR) is 85.5 cm³/mol. The first-order chi connectivity index (χ1) is 10.7. The summed E-state index contributed by atoms with van der Waals surface area (Å²) in [4.78, 5) is 14.6. The fraction of sp³-hybridized carbons (Fsp3) is 0.706. The van der Waals surface area contributed by atoms with E-state index in [0.29, 0.717) is 12.5 Å². The van der Waals surface area contributed by atoms with E-state index in [4.69, 9.17) is 4.42 Å². The molecule has 5 nitrogen and oxygen atoms in total. The van der Waals surface area contributed by atoms with Crippen LogP contribution in [-0.2, 0) is 6.54 Å². The van der Waals surface area contributed by atoms with Crippen LogP contribution in [0.2, 0.25) is 0 Å². The van der Waals surface area contributed by atoms with Crippen molar-refractivity contribution >= 4 is 6.03 Å². The number of urea groups is 1. The van der Waals surface area contributed by atoms with Crippen LogP contribution in [-0.4, -0.2) is 36.1 Å². The highest BCUT2D eigenvalue weighted by molar-refractivity contribution is 5.74. The molecule has 1 aliphatic heterocycles. The smallest absolute Gasteiger partial charge is 0.315 e. The van der Waals surface area contributed by atoms with Crippen LogP contribution < -0.4 is 10.6 Å². The quantitative estimate of drug-likeness (QED) is 0.879. The van der Waals surface area contributed by atoms with Crippen LogP contribution in [0.25, 0.3) is 0 Å². The molecule has 2 fully saturated rings. The molecule has 1 aliphatic carbocycles. The van der Waals surface area contributed by atoms with Crippen LogP contribution >= 0.6 is 0 Å². The third-order valence-corrected chi connectivity index (χ3v) is 5.15. The molecule has 0 spiro atoms. The Kier molecular flexibility index (Phi) is 5.03. The van der Waals surface area contributed by atoms with E-state index in [2.05, 4.69) is 22.5 Å². The summed E-state index contributed by atoms with van der Waals surface area (Å²) in [6, 6.07) is 4.60. The van der Waals surface area contributed by atoms with Crippen LogP contribution in [0.4, 0.5) is 4.79 Å². The first kappa shape index (κ1) is 15.4. The molecule has 1 saturated heterocycles. The van der Waals surface area contributed by atoms with E-state index >= 15 is 0 Å². The number of furan rings is 1. The van der Waals surface area contributed by atoms with Gasteiger partial charge in [-0.2, -0.15) is 0 Å². The summed E-state index contributed by atoms with van der Waals surface area (Å²) in [5.41, 5.74) is 0. The minimum Gasteiger partial charge on any atom is -0.467 e. The average Bonchev–Trinajstić information content (AvgIpc) is 2.97. The zero-order valence-electron chi connectivity index (χ0n) is 13.4. The Labute approximate surface area is 132 Å². The topological polar surface area (TPSA) is 57.5 Å². The lowest BCUT2D eigenvalue weighted by Crippen LogP contribution is -2.52. The lowest BCUT2D eigenvalue weighted by atomic mass is 9.86. The van der Waals surface area contributed by atoms with Gasteiger partial charge in [0.1, 0.15) is 5.76 Å². The van der Waals surface area contributed by atoms with Gasteiger partial charge in [0.25, 0.3) is 0 Å². The van der Waals surface area contributed by atoms with Crippen molar-refractivity contribution in [3.63, 3.8) is 0 Å². The van der Waals surface area contributed by atoms with E-state index in [9.17, 15) is 4.79 Å². The van der Waals surface area contributed by atoms with Gasteiger partial charge in [-0.05, 0) is 57.2 Å². The summed E-state index contributed by atoms with van der Waals surface area (Å²) < 4.78 is 5.22. The van der Waals surface area contributed by atoms with Crippen molar-refractivity contribution in [1.82, 2.24) is 15.5 Å². The van der Waals surface area contributed by atoms with E-state index < -0.39 is 0 Å².